The summed E-state index contributed by atoms with van der Waals surface area (Å²) in [4.78, 5) is 6.48. The van der Waals surface area contributed by atoms with Crippen LogP contribution in [0.4, 0.5) is 5.69 Å². The molecule has 0 aliphatic rings. The van der Waals surface area contributed by atoms with Crippen molar-refractivity contribution in [1.29, 1.82) is 0 Å². The monoisotopic (exact) mass is 262 g/mol. The van der Waals surface area contributed by atoms with Gasteiger partial charge in [0.1, 0.15) is 5.01 Å². The summed E-state index contributed by atoms with van der Waals surface area (Å²) in [5.74, 6) is 0. The van der Waals surface area contributed by atoms with E-state index in [4.69, 9.17) is 0 Å². The first-order valence-corrected chi connectivity index (χ1v) is 7.04. The summed E-state index contributed by atoms with van der Waals surface area (Å²) in [6.45, 7) is 3.38. The Balaban J connectivity index is 2.12. The normalized spacial score (nSPS) is 12.3. The minimum absolute atomic E-state index is 0.301. The number of para-hydroxylation sites is 1. The van der Waals surface area contributed by atoms with Crippen LogP contribution in [-0.2, 0) is 6.54 Å². The van der Waals surface area contributed by atoms with Crippen LogP contribution in [0.5, 0.6) is 0 Å². The molecule has 96 valence electrons. The fourth-order valence-corrected chi connectivity index (χ4v) is 2.41. The van der Waals surface area contributed by atoms with Crippen LogP contribution in [0.1, 0.15) is 18.4 Å². The predicted octanol–water partition coefficient (Wildman–Crippen LogP) is 2.92. The summed E-state index contributed by atoms with van der Waals surface area (Å²) in [7, 11) is 0. The topological polar surface area (TPSA) is 36.4 Å². The molecule has 0 radical (unpaired) electrons. The molecule has 0 aliphatic carbocycles. The van der Waals surface area contributed by atoms with E-state index in [1.54, 1.807) is 11.3 Å². The Morgan fingerprint density at radius 2 is 2.11 bits per heavy atom. The first kappa shape index (κ1) is 13.1. The average molecular weight is 262 g/mol. The number of benzene rings is 1. The molecule has 0 aliphatic heterocycles. The number of hydrogen-bond donors (Lipinski definition) is 1. The van der Waals surface area contributed by atoms with Crippen molar-refractivity contribution >= 4 is 17.0 Å². The van der Waals surface area contributed by atoms with Crippen LogP contribution in [0.15, 0.2) is 41.9 Å². The van der Waals surface area contributed by atoms with Crippen LogP contribution in [0, 0.1) is 0 Å². The van der Waals surface area contributed by atoms with Crippen molar-refractivity contribution in [2.24, 2.45) is 0 Å². The fourth-order valence-electron chi connectivity index (χ4n) is 1.78. The number of anilines is 1. The number of rotatable bonds is 6. The second-order valence-corrected chi connectivity index (χ2v) is 5.18. The van der Waals surface area contributed by atoms with Crippen molar-refractivity contribution in [3.8, 4) is 0 Å². The van der Waals surface area contributed by atoms with Gasteiger partial charge in [0.2, 0.25) is 0 Å². The van der Waals surface area contributed by atoms with Crippen molar-refractivity contribution in [3.63, 3.8) is 0 Å². The number of nitrogens with zero attached hydrogens (tertiary/aromatic N) is 2. The lowest BCUT2D eigenvalue weighted by Crippen LogP contribution is -2.31. The third kappa shape index (κ3) is 3.55. The Kier molecular flexibility index (Phi) is 4.73. The first-order chi connectivity index (χ1) is 8.79. The van der Waals surface area contributed by atoms with Gasteiger partial charge in [-0.3, -0.25) is 0 Å². The lowest BCUT2D eigenvalue weighted by molar-refractivity contribution is 0.175. The highest BCUT2D eigenvalue weighted by molar-refractivity contribution is 7.09. The minimum atomic E-state index is -0.301. The van der Waals surface area contributed by atoms with E-state index in [-0.39, 0.29) is 6.10 Å². The van der Waals surface area contributed by atoms with Gasteiger partial charge in [0.15, 0.2) is 0 Å². The number of aromatic nitrogens is 1. The SMILES string of the molecule is CCC(O)CN(Cc1nccs1)c1ccccc1. The number of thiazole rings is 1. The maximum absolute atomic E-state index is 9.86. The summed E-state index contributed by atoms with van der Waals surface area (Å²) in [5, 5.41) is 12.9. The van der Waals surface area contributed by atoms with Gasteiger partial charge >= 0.3 is 0 Å². The van der Waals surface area contributed by atoms with Gasteiger partial charge < -0.3 is 10.0 Å². The number of hydrogen-bond acceptors (Lipinski definition) is 4. The highest BCUT2D eigenvalue weighted by atomic mass is 32.1. The summed E-state index contributed by atoms with van der Waals surface area (Å²) < 4.78 is 0. The molecular weight excluding hydrogens is 244 g/mol. The molecule has 0 amide bonds. The second-order valence-electron chi connectivity index (χ2n) is 4.20. The molecule has 1 aromatic heterocycles. The molecule has 4 heteroatoms. The molecule has 3 nitrogen and oxygen atoms in total. The van der Waals surface area contributed by atoms with Crippen molar-refractivity contribution in [3.05, 3.63) is 46.9 Å². The molecule has 0 fully saturated rings. The maximum Gasteiger partial charge on any atom is 0.112 e. The molecule has 1 heterocycles. The van der Waals surface area contributed by atoms with E-state index in [1.165, 1.54) is 0 Å². The Morgan fingerprint density at radius 1 is 1.33 bits per heavy atom. The third-order valence-electron chi connectivity index (χ3n) is 2.83. The second kappa shape index (κ2) is 6.52. The van der Waals surface area contributed by atoms with Crippen LogP contribution in [0.3, 0.4) is 0 Å². The van der Waals surface area contributed by atoms with E-state index in [1.807, 2.05) is 36.7 Å². The summed E-state index contributed by atoms with van der Waals surface area (Å²) in [5.41, 5.74) is 1.13. The van der Waals surface area contributed by atoms with E-state index in [2.05, 4.69) is 22.0 Å². The van der Waals surface area contributed by atoms with Gasteiger partial charge in [-0.25, -0.2) is 4.98 Å². The highest BCUT2D eigenvalue weighted by Gasteiger charge is 2.12. The molecule has 1 aromatic carbocycles. The zero-order valence-corrected chi connectivity index (χ0v) is 11.3. The van der Waals surface area contributed by atoms with Gasteiger partial charge in [0, 0.05) is 23.8 Å². The van der Waals surface area contributed by atoms with Crippen molar-refractivity contribution < 1.29 is 5.11 Å². The molecule has 0 spiro atoms. The smallest absolute Gasteiger partial charge is 0.112 e. The zero-order chi connectivity index (χ0) is 12.8. The van der Waals surface area contributed by atoms with Gasteiger partial charge in [-0.2, -0.15) is 0 Å². The zero-order valence-electron chi connectivity index (χ0n) is 10.5. The lowest BCUT2D eigenvalue weighted by atomic mass is 10.2. The van der Waals surface area contributed by atoms with E-state index >= 15 is 0 Å². The quantitative estimate of drug-likeness (QED) is 0.869. The van der Waals surface area contributed by atoms with Crippen molar-refractivity contribution in [2.75, 3.05) is 11.4 Å². The molecule has 18 heavy (non-hydrogen) atoms. The maximum atomic E-state index is 9.86. The van der Waals surface area contributed by atoms with Gasteiger partial charge in [-0.05, 0) is 18.6 Å². The number of aliphatic hydroxyl groups is 1. The Hall–Kier alpha value is -1.39. The van der Waals surface area contributed by atoms with E-state index in [0.29, 0.717) is 6.54 Å². The Labute approximate surface area is 112 Å². The van der Waals surface area contributed by atoms with Crippen molar-refractivity contribution in [2.45, 2.75) is 26.0 Å². The van der Waals surface area contributed by atoms with Gasteiger partial charge in [-0.15, -0.1) is 11.3 Å². The number of aliphatic hydroxyl groups excluding tert-OH is 1. The van der Waals surface area contributed by atoms with Gasteiger partial charge in [0.05, 0.1) is 12.6 Å². The van der Waals surface area contributed by atoms with Crippen LogP contribution in [0.2, 0.25) is 0 Å². The van der Waals surface area contributed by atoms with Crippen LogP contribution in [-0.4, -0.2) is 22.7 Å². The highest BCUT2D eigenvalue weighted by Crippen LogP contribution is 2.18. The first-order valence-electron chi connectivity index (χ1n) is 6.16. The fraction of sp³-hybridized carbons (Fsp3) is 0.357. The van der Waals surface area contributed by atoms with Crippen LogP contribution >= 0.6 is 11.3 Å². The van der Waals surface area contributed by atoms with E-state index in [9.17, 15) is 5.11 Å². The van der Waals surface area contributed by atoms with E-state index < -0.39 is 0 Å². The van der Waals surface area contributed by atoms with Crippen LogP contribution < -0.4 is 4.90 Å². The lowest BCUT2D eigenvalue weighted by Gasteiger charge is -2.26. The Bertz CT molecular complexity index is 444. The summed E-state index contributed by atoms with van der Waals surface area (Å²) in [6, 6.07) is 10.2. The average Bonchev–Trinajstić information content (AvgIpc) is 2.92. The third-order valence-corrected chi connectivity index (χ3v) is 3.60. The summed E-state index contributed by atoms with van der Waals surface area (Å²) in [6.07, 6.45) is 2.28. The largest absolute Gasteiger partial charge is 0.391 e. The molecule has 2 rings (SSSR count). The van der Waals surface area contributed by atoms with Crippen LogP contribution in [0.25, 0.3) is 0 Å². The molecule has 1 N–H and O–H groups in total. The van der Waals surface area contributed by atoms with E-state index in [0.717, 1.165) is 23.7 Å². The van der Waals surface area contributed by atoms with Crippen molar-refractivity contribution in [1.82, 2.24) is 4.98 Å². The molecule has 0 bridgehead atoms. The minimum Gasteiger partial charge on any atom is -0.391 e. The molecule has 0 saturated heterocycles. The molecule has 1 atom stereocenters. The molecule has 2 aromatic rings. The molecule has 1 unspecified atom stereocenters. The Morgan fingerprint density at radius 3 is 2.72 bits per heavy atom. The molecule has 0 saturated carbocycles. The predicted molar refractivity (Wildman–Crippen MR) is 75.9 cm³/mol. The summed E-state index contributed by atoms with van der Waals surface area (Å²) >= 11 is 1.65. The van der Waals surface area contributed by atoms with Gasteiger partial charge in [0.25, 0.3) is 0 Å². The standard InChI is InChI=1S/C14H18N2OS/c1-2-13(17)10-16(11-14-15-8-9-18-14)12-6-4-3-5-7-12/h3-9,13,17H,2,10-11H2,1H3. The van der Waals surface area contributed by atoms with Gasteiger partial charge in [-0.1, -0.05) is 25.1 Å². The molecular formula is C14H18N2OS.